The van der Waals surface area contributed by atoms with Gasteiger partial charge >= 0.3 is 6.61 Å². The van der Waals surface area contributed by atoms with Crippen molar-refractivity contribution in [3.63, 3.8) is 0 Å². The molecular formula is C13H15Cl2F2NO2. The molecule has 0 aliphatic carbocycles. The van der Waals surface area contributed by atoms with E-state index in [1.54, 1.807) is 6.07 Å². The van der Waals surface area contributed by atoms with Gasteiger partial charge in [-0.3, -0.25) is 4.79 Å². The van der Waals surface area contributed by atoms with E-state index >= 15 is 0 Å². The summed E-state index contributed by atoms with van der Waals surface area (Å²) in [5.74, 6) is -0.494. The average molecular weight is 326 g/mol. The molecule has 20 heavy (non-hydrogen) atoms. The Morgan fingerprint density at radius 3 is 2.45 bits per heavy atom. The second-order valence-corrected chi connectivity index (χ2v) is 4.76. The normalized spacial score (nSPS) is 11.5. The quantitative estimate of drug-likeness (QED) is 0.777. The highest BCUT2D eigenvalue weighted by Gasteiger charge is 2.29. The maximum atomic E-state index is 12.3. The van der Waals surface area contributed by atoms with E-state index < -0.39 is 18.1 Å². The Morgan fingerprint density at radius 1 is 1.35 bits per heavy atom. The molecule has 1 rings (SSSR count). The van der Waals surface area contributed by atoms with Crippen LogP contribution in [0, 0.1) is 0 Å². The van der Waals surface area contributed by atoms with E-state index in [9.17, 15) is 13.6 Å². The van der Waals surface area contributed by atoms with Gasteiger partial charge in [-0.1, -0.05) is 19.1 Å². The molecule has 0 unspecified atom stereocenters. The predicted octanol–water partition coefficient (Wildman–Crippen LogP) is 3.64. The molecule has 0 saturated heterocycles. The number of rotatable bonds is 7. The molecule has 7 heteroatoms. The van der Waals surface area contributed by atoms with Crippen LogP contribution in [0.5, 0.6) is 5.75 Å². The third-order valence-electron chi connectivity index (χ3n) is 2.91. The summed E-state index contributed by atoms with van der Waals surface area (Å²) in [5, 5.41) is 2.68. The highest BCUT2D eigenvalue weighted by Crippen LogP contribution is 2.22. The Morgan fingerprint density at radius 2 is 1.95 bits per heavy atom. The Kier molecular flexibility index (Phi) is 6.49. The third-order valence-corrected chi connectivity index (χ3v) is 3.94. The van der Waals surface area contributed by atoms with E-state index in [2.05, 4.69) is 10.1 Å². The molecule has 0 saturated carbocycles. The van der Waals surface area contributed by atoms with Crippen molar-refractivity contribution in [1.29, 1.82) is 0 Å². The molecule has 1 aromatic carbocycles. The largest absolute Gasteiger partial charge is 0.434 e. The Balaban J connectivity index is 2.97. The summed E-state index contributed by atoms with van der Waals surface area (Å²) in [6.07, 6.45) is 0.517. The lowest BCUT2D eigenvalue weighted by Gasteiger charge is -2.29. The van der Waals surface area contributed by atoms with Gasteiger partial charge in [0.2, 0.25) is 0 Å². The van der Waals surface area contributed by atoms with Crippen molar-refractivity contribution < 1.29 is 18.3 Å². The maximum Gasteiger partial charge on any atom is 0.387 e. The fourth-order valence-electron chi connectivity index (χ4n) is 1.54. The smallest absolute Gasteiger partial charge is 0.387 e. The SMILES string of the molecule is CCC(CCl)(CCl)NC(=O)c1ccccc1OC(F)F. The zero-order valence-electron chi connectivity index (χ0n) is 10.8. The van der Waals surface area contributed by atoms with Gasteiger partial charge in [0.25, 0.3) is 5.91 Å². The molecule has 0 aliphatic heterocycles. The number of ether oxygens (including phenoxy) is 1. The molecule has 0 fully saturated rings. The van der Waals surface area contributed by atoms with Crippen LogP contribution in [0.4, 0.5) is 8.78 Å². The van der Waals surface area contributed by atoms with Crippen molar-refractivity contribution in [3.8, 4) is 5.75 Å². The first-order valence-corrected chi connectivity index (χ1v) is 7.03. The summed E-state index contributed by atoms with van der Waals surface area (Å²) in [6, 6.07) is 5.76. The zero-order chi connectivity index (χ0) is 15.2. The Labute approximate surface area is 126 Å². The number of nitrogens with one attached hydrogen (secondary N) is 1. The second-order valence-electron chi connectivity index (χ2n) is 4.23. The van der Waals surface area contributed by atoms with E-state index in [1.807, 2.05) is 6.92 Å². The fraction of sp³-hybridized carbons (Fsp3) is 0.462. The minimum Gasteiger partial charge on any atom is -0.434 e. The predicted molar refractivity (Wildman–Crippen MR) is 75.0 cm³/mol. The molecule has 1 aromatic rings. The molecule has 0 bridgehead atoms. The van der Waals surface area contributed by atoms with Crippen molar-refractivity contribution in [3.05, 3.63) is 29.8 Å². The van der Waals surface area contributed by atoms with Gasteiger partial charge in [0.05, 0.1) is 11.1 Å². The lowest BCUT2D eigenvalue weighted by atomic mass is 10.0. The molecule has 3 nitrogen and oxygen atoms in total. The van der Waals surface area contributed by atoms with Crippen LogP contribution in [0.1, 0.15) is 23.7 Å². The minimum absolute atomic E-state index is 0.0147. The molecule has 1 N–H and O–H groups in total. The van der Waals surface area contributed by atoms with E-state index in [4.69, 9.17) is 23.2 Å². The molecule has 0 heterocycles. The molecule has 0 aliphatic rings. The molecule has 0 aromatic heterocycles. The fourth-order valence-corrected chi connectivity index (χ4v) is 2.34. The van der Waals surface area contributed by atoms with E-state index in [0.717, 1.165) is 0 Å². The first-order valence-electron chi connectivity index (χ1n) is 5.96. The van der Waals surface area contributed by atoms with Gasteiger partial charge in [0.15, 0.2) is 0 Å². The van der Waals surface area contributed by atoms with Gasteiger partial charge in [-0.15, -0.1) is 23.2 Å². The summed E-state index contributed by atoms with van der Waals surface area (Å²) in [6.45, 7) is -1.17. The van der Waals surface area contributed by atoms with Crippen LogP contribution < -0.4 is 10.1 Å². The van der Waals surface area contributed by atoms with Crippen molar-refractivity contribution in [1.82, 2.24) is 5.32 Å². The first-order chi connectivity index (χ1) is 9.48. The van der Waals surface area contributed by atoms with Gasteiger partial charge in [-0.25, -0.2) is 0 Å². The van der Waals surface area contributed by atoms with E-state index in [1.165, 1.54) is 18.2 Å². The van der Waals surface area contributed by atoms with Crippen LogP contribution in [0.25, 0.3) is 0 Å². The van der Waals surface area contributed by atoms with Gasteiger partial charge in [-0.05, 0) is 18.6 Å². The van der Waals surface area contributed by atoms with Gasteiger partial charge in [-0.2, -0.15) is 8.78 Å². The van der Waals surface area contributed by atoms with Crippen molar-refractivity contribution in [2.24, 2.45) is 0 Å². The molecule has 0 atom stereocenters. The maximum absolute atomic E-state index is 12.3. The molecule has 0 spiro atoms. The number of hydrogen-bond acceptors (Lipinski definition) is 2. The van der Waals surface area contributed by atoms with Crippen molar-refractivity contribution in [2.45, 2.75) is 25.5 Å². The number of carbonyl (C=O) groups excluding carboxylic acids is 1. The number of alkyl halides is 4. The Bertz CT molecular complexity index is 445. The summed E-state index contributed by atoms with van der Waals surface area (Å²) in [5.41, 5.74) is -0.765. The summed E-state index contributed by atoms with van der Waals surface area (Å²) in [7, 11) is 0. The van der Waals surface area contributed by atoms with Gasteiger partial charge in [0.1, 0.15) is 5.75 Å². The van der Waals surface area contributed by atoms with Gasteiger partial charge in [0, 0.05) is 11.8 Å². The number of halogens is 4. The molecule has 1 amide bonds. The molecule has 0 radical (unpaired) electrons. The number of hydrogen-bond donors (Lipinski definition) is 1. The number of carbonyl (C=O) groups is 1. The number of para-hydroxylation sites is 1. The highest BCUT2D eigenvalue weighted by atomic mass is 35.5. The van der Waals surface area contributed by atoms with Crippen LogP contribution in [0.15, 0.2) is 24.3 Å². The lowest BCUT2D eigenvalue weighted by Crippen LogP contribution is -2.51. The number of benzene rings is 1. The van der Waals surface area contributed by atoms with Crippen LogP contribution in [0.2, 0.25) is 0 Å². The van der Waals surface area contributed by atoms with E-state index in [0.29, 0.717) is 6.42 Å². The highest BCUT2D eigenvalue weighted by molar-refractivity contribution is 6.22. The standard InChI is InChI=1S/C13H15Cl2F2NO2/c1-2-13(7-14,8-15)18-11(19)9-5-3-4-6-10(9)20-12(16)17/h3-6,12H,2,7-8H2,1H3,(H,18,19). The van der Waals surface area contributed by atoms with Crippen LogP contribution in [0.3, 0.4) is 0 Å². The summed E-state index contributed by atoms with van der Waals surface area (Å²) in [4.78, 5) is 12.2. The second kappa shape index (κ2) is 7.64. The number of amides is 1. The summed E-state index contributed by atoms with van der Waals surface area (Å²) >= 11 is 11.7. The zero-order valence-corrected chi connectivity index (χ0v) is 12.3. The molecule has 112 valence electrons. The van der Waals surface area contributed by atoms with E-state index in [-0.39, 0.29) is 23.1 Å². The Hall–Kier alpha value is -1.07. The topological polar surface area (TPSA) is 38.3 Å². The lowest BCUT2D eigenvalue weighted by molar-refractivity contribution is -0.0501. The van der Waals surface area contributed by atoms with Crippen LogP contribution in [-0.2, 0) is 0 Å². The monoisotopic (exact) mass is 325 g/mol. The van der Waals surface area contributed by atoms with Gasteiger partial charge < -0.3 is 10.1 Å². The van der Waals surface area contributed by atoms with Crippen LogP contribution >= 0.6 is 23.2 Å². The van der Waals surface area contributed by atoms with Crippen molar-refractivity contribution in [2.75, 3.05) is 11.8 Å². The summed E-state index contributed by atoms with van der Waals surface area (Å²) < 4.78 is 28.9. The minimum atomic E-state index is -3.00. The first kappa shape index (κ1) is 17.0. The van der Waals surface area contributed by atoms with Crippen molar-refractivity contribution >= 4 is 29.1 Å². The third kappa shape index (κ3) is 4.21. The average Bonchev–Trinajstić information content (AvgIpc) is 2.44. The van der Waals surface area contributed by atoms with Crippen LogP contribution in [-0.4, -0.2) is 29.8 Å². The molecular weight excluding hydrogens is 311 g/mol.